The van der Waals surface area contributed by atoms with E-state index in [0.717, 1.165) is 28.7 Å². The maximum atomic E-state index is 5.65. The summed E-state index contributed by atoms with van der Waals surface area (Å²) in [5, 5.41) is 4.65. The molecule has 0 spiro atoms. The smallest absolute Gasteiger partial charge is 0.0725 e. The summed E-state index contributed by atoms with van der Waals surface area (Å²) < 4.78 is 5.24. The van der Waals surface area contributed by atoms with Crippen molar-refractivity contribution in [1.29, 1.82) is 0 Å². The minimum absolute atomic E-state index is 0.222. The van der Waals surface area contributed by atoms with Gasteiger partial charge in [-0.05, 0) is 32.0 Å². The van der Waals surface area contributed by atoms with Crippen LogP contribution in [0.15, 0.2) is 30.3 Å². The lowest BCUT2D eigenvalue weighted by Crippen LogP contribution is -2.28. The lowest BCUT2D eigenvalue weighted by Gasteiger charge is -2.20. The molecule has 2 rings (SSSR count). The van der Waals surface area contributed by atoms with Gasteiger partial charge in [0, 0.05) is 23.9 Å². The molecule has 0 bridgehead atoms. The summed E-state index contributed by atoms with van der Waals surface area (Å²) in [6.07, 6.45) is 0.879. The van der Waals surface area contributed by atoms with E-state index in [-0.39, 0.29) is 6.04 Å². The van der Waals surface area contributed by atoms with Crippen LogP contribution in [-0.4, -0.2) is 31.3 Å². The molecule has 4 nitrogen and oxygen atoms in total. The molecule has 1 heterocycles. The number of para-hydroxylation sites is 1. The highest BCUT2D eigenvalue weighted by atomic mass is 16.5. The van der Waals surface area contributed by atoms with Gasteiger partial charge in [0.2, 0.25) is 0 Å². The summed E-state index contributed by atoms with van der Waals surface area (Å²) in [6.45, 7) is 3.29. The number of aromatic nitrogens is 1. The molecule has 4 heteroatoms. The molecule has 0 aliphatic heterocycles. The van der Waals surface area contributed by atoms with Crippen molar-refractivity contribution in [1.82, 2.24) is 4.98 Å². The summed E-state index contributed by atoms with van der Waals surface area (Å²) in [5.74, 6) is 0. The third-order valence-corrected chi connectivity index (χ3v) is 3.09. The van der Waals surface area contributed by atoms with E-state index in [9.17, 15) is 0 Å². The van der Waals surface area contributed by atoms with Crippen molar-refractivity contribution >= 4 is 16.6 Å². The number of rotatable bonds is 6. The topological polar surface area (TPSA) is 60.2 Å². The molecular weight excluding hydrogens is 238 g/mol. The zero-order valence-electron chi connectivity index (χ0n) is 11.5. The number of ether oxygens (including phenoxy) is 1. The number of aryl methyl sites for hydroxylation is 1. The van der Waals surface area contributed by atoms with Crippen LogP contribution in [0.5, 0.6) is 0 Å². The van der Waals surface area contributed by atoms with Crippen LogP contribution in [0.1, 0.15) is 12.1 Å². The molecule has 1 unspecified atom stereocenters. The Morgan fingerprint density at radius 2 is 2.16 bits per heavy atom. The Morgan fingerprint density at radius 1 is 1.37 bits per heavy atom. The van der Waals surface area contributed by atoms with Crippen molar-refractivity contribution in [3.8, 4) is 0 Å². The van der Waals surface area contributed by atoms with E-state index in [0.29, 0.717) is 13.2 Å². The van der Waals surface area contributed by atoms with Crippen LogP contribution >= 0.6 is 0 Å². The number of nitrogens with one attached hydrogen (secondary N) is 1. The summed E-state index contributed by atoms with van der Waals surface area (Å²) in [7, 11) is 1.71. The molecule has 1 aromatic heterocycles. The van der Waals surface area contributed by atoms with Crippen LogP contribution < -0.4 is 11.1 Å². The predicted molar refractivity (Wildman–Crippen MR) is 79.4 cm³/mol. The Bertz CT molecular complexity index is 536. The number of hydrogen-bond acceptors (Lipinski definition) is 4. The fourth-order valence-electron chi connectivity index (χ4n) is 2.25. The first kappa shape index (κ1) is 13.8. The molecule has 0 amide bonds. The number of nitrogens with zero attached hydrogens (tertiary/aromatic N) is 1. The molecule has 102 valence electrons. The number of fused-ring (bicyclic) bond motifs is 1. The number of hydrogen-bond donors (Lipinski definition) is 2. The largest absolute Gasteiger partial charge is 0.383 e. The van der Waals surface area contributed by atoms with Crippen LogP contribution in [0, 0.1) is 6.92 Å². The van der Waals surface area contributed by atoms with E-state index in [1.54, 1.807) is 7.11 Å². The maximum Gasteiger partial charge on any atom is 0.0725 e. The van der Waals surface area contributed by atoms with Crippen LogP contribution in [0.3, 0.4) is 0 Å². The lowest BCUT2D eigenvalue weighted by atomic mass is 10.1. The minimum atomic E-state index is 0.222. The molecule has 0 aliphatic carbocycles. The summed E-state index contributed by atoms with van der Waals surface area (Å²) >= 11 is 0. The van der Waals surface area contributed by atoms with Gasteiger partial charge in [-0.1, -0.05) is 18.2 Å². The summed E-state index contributed by atoms with van der Waals surface area (Å²) in [6, 6.07) is 10.4. The van der Waals surface area contributed by atoms with Gasteiger partial charge in [0.25, 0.3) is 0 Å². The molecule has 2 aromatic rings. The van der Waals surface area contributed by atoms with Gasteiger partial charge in [-0.25, -0.2) is 0 Å². The fraction of sp³-hybridized carbons (Fsp3) is 0.400. The van der Waals surface area contributed by atoms with Crippen molar-refractivity contribution in [3.05, 3.63) is 36.0 Å². The second kappa shape index (κ2) is 6.50. The van der Waals surface area contributed by atoms with E-state index in [1.807, 2.05) is 25.1 Å². The zero-order chi connectivity index (χ0) is 13.7. The van der Waals surface area contributed by atoms with Crippen molar-refractivity contribution in [2.75, 3.05) is 25.6 Å². The Morgan fingerprint density at radius 3 is 2.89 bits per heavy atom. The normalized spacial score (nSPS) is 12.6. The van der Waals surface area contributed by atoms with Gasteiger partial charge in [-0.2, -0.15) is 0 Å². The van der Waals surface area contributed by atoms with Crippen LogP contribution in [0.4, 0.5) is 5.69 Å². The van der Waals surface area contributed by atoms with Crippen molar-refractivity contribution < 1.29 is 4.74 Å². The van der Waals surface area contributed by atoms with E-state index in [4.69, 9.17) is 10.5 Å². The van der Waals surface area contributed by atoms with Gasteiger partial charge in [-0.15, -0.1) is 0 Å². The van der Waals surface area contributed by atoms with Crippen LogP contribution in [0.2, 0.25) is 0 Å². The van der Waals surface area contributed by atoms with Gasteiger partial charge in [0.15, 0.2) is 0 Å². The first-order valence-electron chi connectivity index (χ1n) is 6.56. The van der Waals surface area contributed by atoms with E-state index >= 15 is 0 Å². The van der Waals surface area contributed by atoms with Gasteiger partial charge in [0.05, 0.1) is 18.2 Å². The fourth-order valence-corrected chi connectivity index (χ4v) is 2.25. The van der Waals surface area contributed by atoms with Gasteiger partial charge in [-0.3, -0.25) is 4.98 Å². The van der Waals surface area contributed by atoms with Gasteiger partial charge >= 0.3 is 0 Å². The zero-order valence-corrected chi connectivity index (χ0v) is 11.5. The van der Waals surface area contributed by atoms with Crippen LogP contribution in [-0.2, 0) is 4.74 Å². The number of benzene rings is 1. The molecule has 3 N–H and O–H groups in total. The highest BCUT2D eigenvalue weighted by Crippen LogP contribution is 2.23. The third-order valence-electron chi connectivity index (χ3n) is 3.09. The highest BCUT2D eigenvalue weighted by Gasteiger charge is 2.10. The average Bonchev–Trinajstić information content (AvgIpc) is 2.39. The SMILES string of the molecule is COCC(CCN)Nc1cc(C)nc2ccccc12. The van der Waals surface area contributed by atoms with Crippen LogP contribution in [0.25, 0.3) is 10.9 Å². The van der Waals surface area contributed by atoms with Crippen molar-refractivity contribution in [2.45, 2.75) is 19.4 Å². The highest BCUT2D eigenvalue weighted by molar-refractivity contribution is 5.91. The number of methoxy groups -OCH3 is 1. The Hall–Kier alpha value is -1.65. The van der Waals surface area contributed by atoms with Crippen molar-refractivity contribution in [3.63, 3.8) is 0 Å². The summed E-state index contributed by atoms with van der Waals surface area (Å²) in [5.41, 5.74) is 8.76. The first-order chi connectivity index (χ1) is 9.24. The molecule has 19 heavy (non-hydrogen) atoms. The monoisotopic (exact) mass is 259 g/mol. The molecule has 0 radical (unpaired) electrons. The lowest BCUT2D eigenvalue weighted by molar-refractivity contribution is 0.183. The van der Waals surface area contributed by atoms with Crippen molar-refractivity contribution in [2.24, 2.45) is 5.73 Å². The predicted octanol–water partition coefficient (Wildman–Crippen LogP) is 2.32. The Kier molecular flexibility index (Phi) is 4.71. The number of pyridine rings is 1. The number of anilines is 1. The van der Waals surface area contributed by atoms with E-state index in [1.165, 1.54) is 0 Å². The molecular formula is C15H21N3O. The maximum absolute atomic E-state index is 5.65. The summed E-state index contributed by atoms with van der Waals surface area (Å²) in [4.78, 5) is 4.54. The Balaban J connectivity index is 2.32. The molecule has 1 atom stereocenters. The molecule has 0 saturated heterocycles. The number of nitrogens with two attached hydrogens (primary N) is 1. The molecule has 0 saturated carbocycles. The third kappa shape index (κ3) is 3.43. The van der Waals surface area contributed by atoms with E-state index < -0.39 is 0 Å². The standard InChI is InChI=1S/C15H21N3O/c1-11-9-15(18-12(7-8-16)10-19-2)13-5-3-4-6-14(13)17-11/h3-6,9,12H,7-8,10,16H2,1-2H3,(H,17,18). The molecule has 0 aliphatic rings. The van der Waals surface area contributed by atoms with E-state index in [2.05, 4.69) is 22.4 Å². The first-order valence-corrected chi connectivity index (χ1v) is 6.56. The molecule has 1 aromatic carbocycles. The second-order valence-corrected chi connectivity index (χ2v) is 4.70. The quantitative estimate of drug-likeness (QED) is 0.836. The second-order valence-electron chi connectivity index (χ2n) is 4.70. The minimum Gasteiger partial charge on any atom is -0.383 e. The Labute approximate surface area is 114 Å². The van der Waals surface area contributed by atoms with Gasteiger partial charge in [0.1, 0.15) is 0 Å². The average molecular weight is 259 g/mol. The van der Waals surface area contributed by atoms with Gasteiger partial charge < -0.3 is 15.8 Å². The molecule has 0 fully saturated rings.